The number of ether oxygens (including phenoxy) is 1. The van der Waals surface area contributed by atoms with Crippen LogP contribution in [0.3, 0.4) is 0 Å². The van der Waals surface area contributed by atoms with Crippen molar-refractivity contribution in [2.75, 3.05) is 5.32 Å². The zero-order valence-corrected chi connectivity index (χ0v) is 9.16. The smallest absolute Gasteiger partial charge is 0.455 e. The Hall–Kier alpha value is -2.17. The van der Waals surface area contributed by atoms with Gasteiger partial charge in [-0.2, -0.15) is 13.2 Å². The van der Waals surface area contributed by atoms with Crippen LogP contribution in [0.4, 0.5) is 18.9 Å². The summed E-state index contributed by atoms with van der Waals surface area (Å²) in [5, 5.41) is 1.43. The summed E-state index contributed by atoms with van der Waals surface area (Å²) >= 11 is 0. The van der Waals surface area contributed by atoms with Crippen LogP contribution in [-0.4, -0.2) is 6.30 Å². The SMILES string of the molecule is FC(F)(F)Nc1ccccc1Oc1[c]cccc1. The Morgan fingerprint density at radius 3 is 2.39 bits per heavy atom. The van der Waals surface area contributed by atoms with E-state index in [-0.39, 0.29) is 11.4 Å². The number of benzene rings is 2. The summed E-state index contributed by atoms with van der Waals surface area (Å²) in [5.74, 6) is 0.450. The molecule has 0 amide bonds. The second-order valence-electron chi connectivity index (χ2n) is 3.45. The number of rotatable bonds is 3. The molecule has 0 aliphatic rings. The minimum Gasteiger partial charge on any atom is -0.455 e. The fourth-order valence-corrected chi connectivity index (χ4v) is 1.37. The fourth-order valence-electron chi connectivity index (χ4n) is 1.37. The summed E-state index contributed by atoms with van der Waals surface area (Å²) in [5.41, 5.74) is -0.137. The lowest BCUT2D eigenvalue weighted by Crippen LogP contribution is -2.20. The van der Waals surface area contributed by atoms with Crippen LogP contribution in [0.25, 0.3) is 0 Å². The van der Waals surface area contributed by atoms with Gasteiger partial charge in [-0.1, -0.05) is 30.3 Å². The second-order valence-corrected chi connectivity index (χ2v) is 3.45. The maximum atomic E-state index is 12.3. The van der Waals surface area contributed by atoms with E-state index in [4.69, 9.17) is 4.74 Å². The highest BCUT2D eigenvalue weighted by atomic mass is 19.4. The maximum absolute atomic E-state index is 12.3. The predicted molar refractivity (Wildman–Crippen MR) is 61.5 cm³/mol. The molecule has 0 saturated heterocycles. The van der Waals surface area contributed by atoms with E-state index in [2.05, 4.69) is 6.07 Å². The molecule has 2 nitrogen and oxygen atoms in total. The lowest BCUT2D eigenvalue weighted by Gasteiger charge is -2.14. The fraction of sp³-hybridized carbons (Fsp3) is 0.0769. The van der Waals surface area contributed by atoms with Crippen molar-refractivity contribution in [3.05, 3.63) is 54.6 Å². The van der Waals surface area contributed by atoms with Crippen LogP contribution in [0.2, 0.25) is 0 Å². The maximum Gasteiger partial charge on any atom is 0.482 e. The van der Waals surface area contributed by atoms with Gasteiger partial charge in [0.05, 0.1) is 5.69 Å². The summed E-state index contributed by atoms with van der Waals surface area (Å²) in [6.45, 7) is 0. The normalized spacial score (nSPS) is 11.1. The van der Waals surface area contributed by atoms with Gasteiger partial charge in [-0.3, -0.25) is 5.32 Å². The number of hydrogen-bond donors (Lipinski definition) is 1. The second kappa shape index (κ2) is 5.00. The molecule has 1 radical (unpaired) electrons. The van der Waals surface area contributed by atoms with E-state index < -0.39 is 6.30 Å². The topological polar surface area (TPSA) is 21.3 Å². The Balaban J connectivity index is 2.23. The first-order valence-electron chi connectivity index (χ1n) is 5.13. The molecule has 2 aromatic rings. The standard InChI is InChI=1S/C13H9F3NO/c14-13(15,16)17-11-8-4-5-9-12(11)18-10-6-2-1-3-7-10/h1-6,8-9,17H. The van der Waals surface area contributed by atoms with E-state index in [1.807, 2.05) is 0 Å². The van der Waals surface area contributed by atoms with Crippen LogP contribution < -0.4 is 10.1 Å². The molecule has 2 rings (SSSR count). The van der Waals surface area contributed by atoms with Crippen LogP contribution in [0, 0.1) is 6.07 Å². The van der Waals surface area contributed by atoms with Gasteiger partial charge in [-0.15, -0.1) is 0 Å². The Morgan fingerprint density at radius 1 is 1.00 bits per heavy atom. The molecule has 0 bridgehead atoms. The molecule has 5 heteroatoms. The van der Waals surface area contributed by atoms with Gasteiger partial charge < -0.3 is 4.74 Å². The van der Waals surface area contributed by atoms with E-state index in [1.54, 1.807) is 30.3 Å². The zero-order chi connectivity index (χ0) is 13.0. The number of hydrogen-bond acceptors (Lipinski definition) is 2. The molecule has 93 valence electrons. The molecule has 0 aliphatic heterocycles. The van der Waals surface area contributed by atoms with E-state index in [0.29, 0.717) is 5.75 Å². The summed E-state index contributed by atoms with van der Waals surface area (Å²) < 4.78 is 42.2. The van der Waals surface area contributed by atoms with Gasteiger partial charge in [-0.05, 0) is 18.2 Å². The van der Waals surface area contributed by atoms with E-state index >= 15 is 0 Å². The molecule has 18 heavy (non-hydrogen) atoms. The highest BCUT2D eigenvalue weighted by Crippen LogP contribution is 2.31. The van der Waals surface area contributed by atoms with Crippen molar-refractivity contribution in [2.24, 2.45) is 0 Å². The molecule has 0 aliphatic carbocycles. The van der Waals surface area contributed by atoms with Crippen molar-refractivity contribution in [3.63, 3.8) is 0 Å². The first-order valence-corrected chi connectivity index (χ1v) is 5.13. The van der Waals surface area contributed by atoms with Crippen molar-refractivity contribution in [1.82, 2.24) is 0 Å². The molecule has 1 N–H and O–H groups in total. The average molecular weight is 252 g/mol. The molecular formula is C13H9F3NO. The highest BCUT2D eigenvalue weighted by molar-refractivity contribution is 5.57. The molecular weight excluding hydrogens is 243 g/mol. The van der Waals surface area contributed by atoms with Gasteiger partial charge in [0.15, 0.2) is 5.75 Å². The average Bonchev–Trinajstić information content (AvgIpc) is 2.31. The Bertz CT molecular complexity index is 511. The first-order chi connectivity index (χ1) is 8.54. The van der Waals surface area contributed by atoms with Gasteiger partial charge in [0.2, 0.25) is 0 Å². The number of halogens is 3. The Labute approximate surface area is 102 Å². The van der Waals surface area contributed by atoms with Crippen molar-refractivity contribution in [2.45, 2.75) is 6.30 Å². The van der Waals surface area contributed by atoms with E-state index in [0.717, 1.165) is 0 Å². The molecule has 0 unspecified atom stereocenters. The molecule has 0 fully saturated rings. The van der Waals surface area contributed by atoms with Crippen molar-refractivity contribution in [3.8, 4) is 11.5 Å². The summed E-state index contributed by atoms with van der Waals surface area (Å²) in [6.07, 6.45) is -4.50. The van der Waals surface area contributed by atoms with Crippen LogP contribution in [0.15, 0.2) is 48.5 Å². The number of nitrogens with one attached hydrogen (secondary N) is 1. The van der Waals surface area contributed by atoms with E-state index in [9.17, 15) is 13.2 Å². The number of para-hydroxylation sites is 3. The first kappa shape index (κ1) is 12.3. The summed E-state index contributed by atoms with van der Waals surface area (Å²) in [4.78, 5) is 0. The lowest BCUT2D eigenvalue weighted by atomic mass is 10.3. The van der Waals surface area contributed by atoms with Crippen LogP contribution in [0.5, 0.6) is 11.5 Å². The van der Waals surface area contributed by atoms with Crippen LogP contribution >= 0.6 is 0 Å². The van der Waals surface area contributed by atoms with Gasteiger partial charge in [0, 0.05) is 6.07 Å². The minimum absolute atomic E-state index is 0.0947. The largest absolute Gasteiger partial charge is 0.482 e. The molecule has 0 atom stereocenters. The number of anilines is 1. The summed E-state index contributed by atoms with van der Waals surface area (Å²) in [6, 6.07) is 15.3. The van der Waals surface area contributed by atoms with Crippen molar-refractivity contribution in [1.29, 1.82) is 0 Å². The van der Waals surface area contributed by atoms with Gasteiger partial charge in [0.1, 0.15) is 5.75 Å². The molecule has 0 heterocycles. The third kappa shape index (κ3) is 3.41. The van der Waals surface area contributed by atoms with Crippen LogP contribution in [-0.2, 0) is 0 Å². The van der Waals surface area contributed by atoms with Crippen molar-refractivity contribution >= 4 is 5.69 Å². The molecule has 2 aromatic carbocycles. The highest BCUT2D eigenvalue weighted by Gasteiger charge is 2.28. The van der Waals surface area contributed by atoms with Crippen molar-refractivity contribution < 1.29 is 17.9 Å². The predicted octanol–water partition coefficient (Wildman–Crippen LogP) is 4.21. The third-order valence-corrected chi connectivity index (χ3v) is 2.06. The quantitative estimate of drug-likeness (QED) is 0.826. The lowest BCUT2D eigenvalue weighted by molar-refractivity contribution is -0.100. The molecule has 0 spiro atoms. The molecule has 0 saturated carbocycles. The van der Waals surface area contributed by atoms with Crippen LogP contribution in [0.1, 0.15) is 0 Å². The Morgan fingerprint density at radius 2 is 1.72 bits per heavy atom. The zero-order valence-electron chi connectivity index (χ0n) is 9.16. The minimum atomic E-state index is -4.50. The summed E-state index contributed by atoms with van der Waals surface area (Å²) in [7, 11) is 0. The third-order valence-electron chi connectivity index (χ3n) is 2.06. The Kier molecular flexibility index (Phi) is 3.41. The molecule has 0 aromatic heterocycles. The number of alkyl halides is 3. The van der Waals surface area contributed by atoms with Gasteiger partial charge in [0.25, 0.3) is 0 Å². The van der Waals surface area contributed by atoms with Gasteiger partial charge in [-0.25, -0.2) is 0 Å². The van der Waals surface area contributed by atoms with Gasteiger partial charge >= 0.3 is 6.30 Å². The monoisotopic (exact) mass is 252 g/mol. The van der Waals surface area contributed by atoms with E-state index in [1.165, 1.54) is 23.5 Å².